The predicted octanol–water partition coefficient (Wildman–Crippen LogP) is 0.504. The molecule has 0 bridgehead atoms. The predicted molar refractivity (Wildman–Crippen MR) is 96.3 cm³/mol. The monoisotopic (exact) mass is 367 g/mol. The van der Waals surface area contributed by atoms with Gasteiger partial charge in [-0.1, -0.05) is 24.8 Å². The van der Waals surface area contributed by atoms with Gasteiger partial charge in [0.1, 0.15) is 4.91 Å². The molecular formula is C17H25N3O4S. The van der Waals surface area contributed by atoms with Crippen LogP contribution in [0.1, 0.15) is 26.2 Å². The topological polar surface area (TPSA) is 132 Å². The van der Waals surface area contributed by atoms with Crippen LogP contribution in [0.15, 0.2) is 46.7 Å². The summed E-state index contributed by atoms with van der Waals surface area (Å²) in [6.45, 7) is 5.37. The summed E-state index contributed by atoms with van der Waals surface area (Å²) >= 11 is 0. The molecule has 0 spiro atoms. The standard InChI is InChI=1S/C17H25N3O4S/c1-12(19)17(22)20-15(10-6-7-11-18)16(21)13(2)25(23,24)14-8-4-3-5-9-14/h3-5,8-9,12,15H,2,6-7,10-11,18-19H2,1H3,(H,20,22)/t12-,15-/m0/s1. The van der Waals surface area contributed by atoms with Gasteiger partial charge >= 0.3 is 0 Å². The summed E-state index contributed by atoms with van der Waals surface area (Å²) in [5, 5.41) is 2.50. The Morgan fingerprint density at radius 2 is 1.80 bits per heavy atom. The summed E-state index contributed by atoms with van der Waals surface area (Å²) in [5.74, 6) is -1.27. The Morgan fingerprint density at radius 3 is 2.32 bits per heavy atom. The van der Waals surface area contributed by atoms with E-state index in [1.807, 2.05) is 0 Å². The molecule has 1 amide bonds. The van der Waals surface area contributed by atoms with Gasteiger partial charge in [-0.25, -0.2) is 8.42 Å². The zero-order valence-electron chi connectivity index (χ0n) is 14.3. The van der Waals surface area contributed by atoms with Crippen LogP contribution in [0.5, 0.6) is 0 Å². The minimum absolute atomic E-state index is 0.0208. The molecule has 5 N–H and O–H groups in total. The number of sulfone groups is 1. The van der Waals surface area contributed by atoms with Crippen LogP contribution in [0.4, 0.5) is 0 Å². The van der Waals surface area contributed by atoms with Crippen molar-refractivity contribution in [2.75, 3.05) is 6.54 Å². The van der Waals surface area contributed by atoms with Gasteiger partial charge in [0.25, 0.3) is 0 Å². The van der Waals surface area contributed by atoms with E-state index in [-0.39, 0.29) is 11.3 Å². The SMILES string of the molecule is C=C(C(=O)[C@H](CCCCN)NC(=O)[C@H](C)N)S(=O)(=O)c1ccccc1. The summed E-state index contributed by atoms with van der Waals surface area (Å²) in [4.78, 5) is 23.9. The highest BCUT2D eigenvalue weighted by atomic mass is 32.2. The summed E-state index contributed by atoms with van der Waals surface area (Å²) in [6, 6.07) is 5.74. The molecular weight excluding hydrogens is 342 g/mol. The molecule has 0 fully saturated rings. The Kier molecular flexibility index (Phi) is 7.95. The fourth-order valence-corrected chi connectivity index (χ4v) is 3.34. The van der Waals surface area contributed by atoms with Crippen molar-refractivity contribution in [1.82, 2.24) is 5.32 Å². The van der Waals surface area contributed by atoms with Crippen LogP contribution in [-0.4, -0.2) is 38.7 Å². The molecule has 1 aromatic rings. The lowest BCUT2D eigenvalue weighted by atomic mass is 10.0. The normalized spacial score (nSPS) is 13.7. The molecule has 7 nitrogen and oxygen atoms in total. The Balaban J connectivity index is 3.02. The Labute approximate surface area is 148 Å². The molecule has 0 aliphatic carbocycles. The van der Waals surface area contributed by atoms with Crippen molar-refractivity contribution in [3.8, 4) is 0 Å². The molecule has 1 aromatic carbocycles. The van der Waals surface area contributed by atoms with Crippen molar-refractivity contribution >= 4 is 21.5 Å². The second-order valence-electron chi connectivity index (χ2n) is 5.74. The van der Waals surface area contributed by atoms with Gasteiger partial charge in [-0.15, -0.1) is 0 Å². The van der Waals surface area contributed by atoms with Gasteiger partial charge in [0.2, 0.25) is 15.7 Å². The molecule has 0 saturated carbocycles. The molecule has 0 aromatic heterocycles. The zero-order chi connectivity index (χ0) is 19.0. The summed E-state index contributed by atoms with van der Waals surface area (Å²) < 4.78 is 25.1. The molecule has 0 unspecified atom stereocenters. The van der Waals surface area contributed by atoms with Crippen molar-refractivity contribution in [2.24, 2.45) is 11.5 Å². The number of carbonyl (C=O) groups is 2. The minimum Gasteiger partial charge on any atom is -0.345 e. The first-order valence-corrected chi connectivity index (χ1v) is 9.49. The molecule has 2 atom stereocenters. The smallest absolute Gasteiger partial charge is 0.237 e. The van der Waals surface area contributed by atoms with Crippen molar-refractivity contribution in [3.05, 3.63) is 41.8 Å². The number of rotatable bonds is 10. The third kappa shape index (κ3) is 5.77. The lowest BCUT2D eigenvalue weighted by Gasteiger charge is -2.20. The number of nitrogens with two attached hydrogens (primary N) is 2. The second-order valence-corrected chi connectivity index (χ2v) is 7.71. The second kappa shape index (κ2) is 9.45. The number of Topliss-reactive ketones (excluding diaryl/α,β-unsaturated/α-hetero) is 1. The molecule has 0 saturated heterocycles. The van der Waals surface area contributed by atoms with E-state index in [4.69, 9.17) is 11.5 Å². The maximum atomic E-state index is 12.6. The molecule has 25 heavy (non-hydrogen) atoms. The van der Waals surface area contributed by atoms with Gasteiger partial charge in [0.15, 0.2) is 5.78 Å². The average molecular weight is 367 g/mol. The first kappa shape index (κ1) is 21.0. The van der Waals surface area contributed by atoms with Gasteiger partial charge < -0.3 is 16.8 Å². The number of hydrogen-bond acceptors (Lipinski definition) is 6. The summed E-state index contributed by atoms with van der Waals surface area (Å²) in [6.07, 6.45) is 1.47. The lowest BCUT2D eigenvalue weighted by molar-refractivity contribution is -0.126. The van der Waals surface area contributed by atoms with Crippen LogP contribution in [0.3, 0.4) is 0 Å². The highest BCUT2D eigenvalue weighted by Gasteiger charge is 2.31. The van der Waals surface area contributed by atoms with Gasteiger partial charge in [-0.05, 0) is 44.9 Å². The minimum atomic E-state index is -4.02. The molecule has 8 heteroatoms. The number of ketones is 1. The van der Waals surface area contributed by atoms with E-state index < -0.39 is 38.5 Å². The number of nitrogens with one attached hydrogen (secondary N) is 1. The van der Waals surface area contributed by atoms with E-state index in [9.17, 15) is 18.0 Å². The quantitative estimate of drug-likeness (QED) is 0.407. The highest BCUT2D eigenvalue weighted by Crippen LogP contribution is 2.20. The first-order chi connectivity index (χ1) is 11.7. The van der Waals surface area contributed by atoms with Crippen LogP contribution in [0.25, 0.3) is 0 Å². The van der Waals surface area contributed by atoms with E-state index >= 15 is 0 Å². The van der Waals surface area contributed by atoms with Crippen LogP contribution in [0, 0.1) is 0 Å². The molecule has 0 aliphatic rings. The van der Waals surface area contributed by atoms with Gasteiger partial charge in [-0.3, -0.25) is 9.59 Å². The Morgan fingerprint density at radius 1 is 1.20 bits per heavy atom. The van der Waals surface area contributed by atoms with Crippen LogP contribution in [0.2, 0.25) is 0 Å². The van der Waals surface area contributed by atoms with Gasteiger partial charge in [-0.2, -0.15) is 0 Å². The van der Waals surface area contributed by atoms with Crippen LogP contribution >= 0.6 is 0 Å². The van der Waals surface area contributed by atoms with E-state index in [1.165, 1.54) is 19.1 Å². The molecule has 0 radical (unpaired) electrons. The number of amides is 1. The number of hydrogen-bond donors (Lipinski definition) is 3. The molecule has 138 valence electrons. The third-order valence-corrected chi connectivity index (χ3v) is 5.39. The maximum absolute atomic E-state index is 12.6. The van der Waals surface area contributed by atoms with Crippen LogP contribution in [-0.2, 0) is 19.4 Å². The fraction of sp³-hybridized carbons (Fsp3) is 0.412. The van der Waals surface area contributed by atoms with E-state index in [0.717, 1.165) is 0 Å². The van der Waals surface area contributed by atoms with E-state index in [1.54, 1.807) is 18.2 Å². The number of carbonyl (C=O) groups excluding carboxylic acids is 2. The lowest BCUT2D eigenvalue weighted by Crippen LogP contribution is -2.48. The first-order valence-electron chi connectivity index (χ1n) is 8.01. The van der Waals surface area contributed by atoms with Crippen molar-refractivity contribution in [3.63, 3.8) is 0 Å². The number of benzene rings is 1. The van der Waals surface area contributed by atoms with Crippen molar-refractivity contribution in [1.29, 1.82) is 0 Å². The molecule has 0 aliphatic heterocycles. The molecule has 0 heterocycles. The van der Waals surface area contributed by atoms with Gasteiger partial charge in [0.05, 0.1) is 17.0 Å². The fourth-order valence-electron chi connectivity index (χ4n) is 2.13. The largest absolute Gasteiger partial charge is 0.345 e. The Bertz CT molecular complexity index is 715. The zero-order valence-corrected chi connectivity index (χ0v) is 15.1. The summed E-state index contributed by atoms with van der Waals surface area (Å²) in [7, 11) is -4.02. The van der Waals surface area contributed by atoms with Gasteiger partial charge in [0, 0.05) is 0 Å². The average Bonchev–Trinajstić information content (AvgIpc) is 2.60. The Hall–Kier alpha value is -2.03. The van der Waals surface area contributed by atoms with Crippen molar-refractivity contribution < 1.29 is 18.0 Å². The van der Waals surface area contributed by atoms with E-state index in [2.05, 4.69) is 11.9 Å². The summed E-state index contributed by atoms with van der Waals surface area (Å²) in [5.41, 5.74) is 10.9. The number of unbranched alkanes of at least 4 members (excludes halogenated alkanes) is 1. The van der Waals surface area contributed by atoms with Crippen LogP contribution < -0.4 is 16.8 Å². The molecule has 1 rings (SSSR count). The maximum Gasteiger partial charge on any atom is 0.237 e. The van der Waals surface area contributed by atoms with Crippen molar-refractivity contribution in [2.45, 2.75) is 43.2 Å². The van der Waals surface area contributed by atoms with E-state index in [0.29, 0.717) is 19.4 Å². The third-order valence-electron chi connectivity index (χ3n) is 3.65. The highest BCUT2D eigenvalue weighted by molar-refractivity contribution is 7.96.